The van der Waals surface area contributed by atoms with Crippen LogP contribution in [-0.4, -0.2) is 65.3 Å². The van der Waals surface area contributed by atoms with Gasteiger partial charge in [-0.05, 0) is 24.7 Å². The summed E-state index contributed by atoms with van der Waals surface area (Å²) in [6, 6.07) is 20.7. The molecule has 1 saturated heterocycles. The summed E-state index contributed by atoms with van der Waals surface area (Å²) < 4.78 is 1.95. The van der Waals surface area contributed by atoms with E-state index in [1.165, 1.54) is 11.3 Å². The van der Waals surface area contributed by atoms with Gasteiger partial charge in [-0.1, -0.05) is 48.5 Å². The zero-order valence-electron chi connectivity index (χ0n) is 17.5. The summed E-state index contributed by atoms with van der Waals surface area (Å²) in [5, 5.41) is 4.46. The van der Waals surface area contributed by atoms with Gasteiger partial charge in [-0.3, -0.25) is 14.4 Å². The first-order valence-electron chi connectivity index (χ1n) is 10.5. The maximum atomic E-state index is 12.7. The number of benzene rings is 2. The summed E-state index contributed by atoms with van der Waals surface area (Å²) in [6.45, 7) is 5.21. The van der Waals surface area contributed by atoms with E-state index in [0.29, 0.717) is 13.1 Å². The van der Waals surface area contributed by atoms with Crippen LogP contribution in [0.3, 0.4) is 0 Å². The number of piperazine rings is 1. The van der Waals surface area contributed by atoms with Crippen LogP contribution in [-0.2, 0) is 17.9 Å². The summed E-state index contributed by atoms with van der Waals surface area (Å²) in [5.74, 6) is 0.196. The van der Waals surface area contributed by atoms with E-state index < -0.39 is 0 Å². The number of para-hydroxylation sites is 1. The molecule has 0 radical (unpaired) electrons. The number of anilines is 1. The van der Waals surface area contributed by atoms with E-state index in [4.69, 9.17) is 0 Å². The van der Waals surface area contributed by atoms with Crippen LogP contribution in [0.25, 0.3) is 0 Å². The Labute approximate surface area is 178 Å². The minimum atomic E-state index is 0.196. The topological polar surface area (TPSA) is 44.6 Å². The molecule has 0 N–H and O–H groups in total. The molecule has 0 bridgehead atoms. The van der Waals surface area contributed by atoms with Crippen molar-refractivity contribution < 1.29 is 4.79 Å². The molecule has 1 aliphatic rings. The predicted octanol–water partition coefficient (Wildman–Crippen LogP) is 2.71. The van der Waals surface area contributed by atoms with Crippen LogP contribution < -0.4 is 4.90 Å². The van der Waals surface area contributed by atoms with E-state index in [2.05, 4.69) is 57.5 Å². The number of likely N-dealkylation sites (N-methyl/N-ethyl adjacent to an activating group) is 1. The van der Waals surface area contributed by atoms with Crippen molar-refractivity contribution in [3.05, 3.63) is 84.2 Å². The number of carbonyl (C=O) groups is 1. The van der Waals surface area contributed by atoms with Gasteiger partial charge in [0.15, 0.2) is 0 Å². The molecule has 0 atom stereocenters. The quantitative estimate of drug-likeness (QED) is 0.609. The van der Waals surface area contributed by atoms with Crippen LogP contribution in [0.2, 0.25) is 0 Å². The third kappa shape index (κ3) is 5.27. The van der Waals surface area contributed by atoms with E-state index >= 15 is 0 Å². The highest BCUT2D eigenvalue weighted by atomic mass is 16.2. The Morgan fingerprint density at radius 2 is 1.60 bits per heavy atom. The molecule has 4 rings (SSSR count). The first kappa shape index (κ1) is 20.2. The molecule has 30 heavy (non-hydrogen) atoms. The Morgan fingerprint density at radius 3 is 2.30 bits per heavy atom. The monoisotopic (exact) mass is 403 g/mol. The lowest BCUT2D eigenvalue weighted by Gasteiger charge is -2.36. The summed E-state index contributed by atoms with van der Waals surface area (Å²) in [6.07, 6.45) is 3.95. The normalized spacial score (nSPS) is 14.3. The minimum Gasteiger partial charge on any atom is -0.368 e. The SMILES string of the molecule is CN(CC(=O)N1CCN(c2ccccc2)CC1)Cc1cnn(Cc2ccccc2)c1. The average Bonchev–Trinajstić information content (AvgIpc) is 3.21. The third-order valence-electron chi connectivity index (χ3n) is 5.49. The molecule has 1 aliphatic heterocycles. The van der Waals surface area contributed by atoms with Crippen LogP contribution in [0.4, 0.5) is 5.69 Å². The molecule has 3 aromatic rings. The van der Waals surface area contributed by atoms with Crippen LogP contribution in [0.15, 0.2) is 73.1 Å². The molecule has 156 valence electrons. The molecule has 2 aromatic carbocycles. The summed E-state index contributed by atoms with van der Waals surface area (Å²) in [4.78, 5) is 19.1. The molecule has 1 fully saturated rings. The second kappa shape index (κ2) is 9.59. The molecular weight excluding hydrogens is 374 g/mol. The van der Waals surface area contributed by atoms with Crippen molar-refractivity contribution in [3.8, 4) is 0 Å². The van der Waals surface area contributed by atoms with Crippen molar-refractivity contribution in [2.45, 2.75) is 13.1 Å². The Bertz CT molecular complexity index is 932. The number of hydrogen-bond donors (Lipinski definition) is 0. The predicted molar refractivity (Wildman–Crippen MR) is 119 cm³/mol. The second-order valence-corrected chi connectivity index (χ2v) is 7.91. The van der Waals surface area contributed by atoms with Gasteiger partial charge in [0, 0.05) is 50.2 Å². The van der Waals surface area contributed by atoms with Crippen molar-refractivity contribution in [1.29, 1.82) is 0 Å². The Morgan fingerprint density at radius 1 is 0.933 bits per heavy atom. The maximum Gasteiger partial charge on any atom is 0.236 e. The number of rotatable bonds is 7. The van der Waals surface area contributed by atoms with Gasteiger partial charge in [0.2, 0.25) is 5.91 Å². The van der Waals surface area contributed by atoms with Gasteiger partial charge in [0.1, 0.15) is 0 Å². The van der Waals surface area contributed by atoms with Crippen LogP contribution in [0, 0.1) is 0 Å². The zero-order valence-corrected chi connectivity index (χ0v) is 17.5. The van der Waals surface area contributed by atoms with E-state index in [1.807, 2.05) is 47.1 Å². The Balaban J connectivity index is 1.23. The number of amides is 1. The Hall–Kier alpha value is -3.12. The van der Waals surface area contributed by atoms with E-state index in [-0.39, 0.29) is 5.91 Å². The summed E-state index contributed by atoms with van der Waals surface area (Å²) >= 11 is 0. The van der Waals surface area contributed by atoms with Gasteiger partial charge >= 0.3 is 0 Å². The van der Waals surface area contributed by atoms with Gasteiger partial charge in [-0.25, -0.2) is 0 Å². The average molecular weight is 404 g/mol. The smallest absolute Gasteiger partial charge is 0.236 e. The van der Waals surface area contributed by atoms with E-state index in [9.17, 15) is 4.79 Å². The molecule has 0 aliphatic carbocycles. The largest absolute Gasteiger partial charge is 0.368 e. The maximum absolute atomic E-state index is 12.7. The first-order chi connectivity index (χ1) is 14.7. The highest BCUT2D eigenvalue weighted by Gasteiger charge is 2.22. The third-order valence-corrected chi connectivity index (χ3v) is 5.49. The number of nitrogens with zero attached hydrogens (tertiary/aromatic N) is 5. The van der Waals surface area contributed by atoms with Gasteiger partial charge in [-0.15, -0.1) is 0 Å². The van der Waals surface area contributed by atoms with E-state index in [0.717, 1.165) is 38.3 Å². The summed E-state index contributed by atoms with van der Waals surface area (Å²) in [7, 11) is 1.99. The van der Waals surface area contributed by atoms with Gasteiger partial charge in [-0.2, -0.15) is 5.10 Å². The van der Waals surface area contributed by atoms with Crippen molar-refractivity contribution in [2.75, 3.05) is 44.7 Å². The fourth-order valence-electron chi connectivity index (χ4n) is 3.90. The molecule has 1 aromatic heterocycles. The second-order valence-electron chi connectivity index (χ2n) is 7.91. The lowest BCUT2D eigenvalue weighted by atomic mass is 10.2. The molecular formula is C24H29N5O. The van der Waals surface area contributed by atoms with Crippen LogP contribution >= 0.6 is 0 Å². The molecule has 0 unspecified atom stereocenters. The Kier molecular flexibility index (Phi) is 6.44. The lowest BCUT2D eigenvalue weighted by Crippen LogP contribution is -2.51. The van der Waals surface area contributed by atoms with Gasteiger partial charge in [0.25, 0.3) is 0 Å². The highest BCUT2D eigenvalue weighted by Crippen LogP contribution is 2.15. The lowest BCUT2D eigenvalue weighted by molar-refractivity contribution is -0.132. The molecule has 6 heteroatoms. The fourth-order valence-corrected chi connectivity index (χ4v) is 3.90. The highest BCUT2D eigenvalue weighted by molar-refractivity contribution is 5.78. The standard InChI is InChI=1S/C24H29N5O/c1-26(17-22-16-25-29(19-22)18-21-8-4-2-5-9-21)20-24(30)28-14-12-27(13-15-28)23-10-6-3-7-11-23/h2-11,16,19H,12-15,17-18,20H2,1H3. The van der Waals surface area contributed by atoms with E-state index in [1.54, 1.807) is 0 Å². The van der Waals surface area contributed by atoms with Crippen LogP contribution in [0.1, 0.15) is 11.1 Å². The first-order valence-corrected chi connectivity index (χ1v) is 10.5. The molecule has 6 nitrogen and oxygen atoms in total. The van der Waals surface area contributed by atoms with Crippen molar-refractivity contribution >= 4 is 11.6 Å². The summed E-state index contributed by atoms with van der Waals surface area (Å²) in [5.41, 5.74) is 3.58. The minimum absolute atomic E-state index is 0.196. The number of aromatic nitrogens is 2. The molecule has 1 amide bonds. The zero-order chi connectivity index (χ0) is 20.8. The molecule has 0 saturated carbocycles. The van der Waals surface area contributed by atoms with Gasteiger partial charge < -0.3 is 9.80 Å². The number of hydrogen-bond acceptors (Lipinski definition) is 4. The molecule has 0 spiro atoms. The molecule has 2 heterocycles. The van der Waals surface area contributed by atoms with Crippen molar-refractivity contribution in [1.82, 2.24) is 19.6 Å². The van der Waals surface area contributed by atoms with Gasteiger partial charge in [0.05, 0.1) is 19.3 Å². The van der Waals surface area contributed by atoms with Crippen LogP contribution in [0.5, 0.6) is 0 Å². The van der Waals surface area contributed by atoms with Crippen molar-refractivity contribution in [3.63, 3.8) is 0 Å². The number of carbonyl (C=O) groups excluding carboxylic acids is 1. The van der Waals surface area contributed by atoms with Crippen molar-refractivity contribution in [2.24, 2.45) is 0 Å². The fraction of sp³-hybridized carbons (Fsp3) is 0.333.